The smallest absolute Gasteiger partial charge is 0.176 e. The quantitative estimate of drug-likeness (QED) is 0.751. The molecule has 0 radical (unpaired) electrons. The highest BCUT2D eigenvalue weighted by Gasteiger charge is 2.03. The lowest BCUT2D eigenvalue weighted by atomic mass is 10.2. The van der Waals surface area contributed by atoms with Crippen molar-refractivity contribution in [2.75, 3.05) is 13.2 Å². The Morgan fingerprint density at radius 3 is 2.73 bits per heavy atom. The molecular weight excluding hydrogens is 158 g/mol. The predicted molar refractivity (Wildman–Crippen MR) is 48.3 cm³/mol. The molecule has 0 amide bonds. The second-order valence-electron chi connectivity index (χ2n) is 2.47. The number of hydrogen-bond acceptors (Lipinski definition) is 3. The molecule has 1 rings (SSSR count). The minimum Gasteiger partial charge on any atom is -0.482 e. The molecule has 0 aliphatic rings. The number of hydrogen-bond donors (Lipinski definition) is 1. The van der Waals surface area contributed by atoms with Gasteiger partial charge in [0.2, 0.25) is 0 Å². The Hall–Kier alpha value is -0.540. The molecule has 11 heavy (non-hydrogen) atoms. The zero-order valence-electron chi connectivity index (χ0n) is 6.89. The van der Waals surface area contributed by atoms with Crippen molar-refractivity contribution in [3.63, 3.8) is 0 Å². The minimum atomic E-state index is 0.580. The van der Waals surface area contributed by atoms with Crippen LogP contribution in [-0.2, 0) is 0 Å². The summed E-state index contributed by atoms with van der Waals surface area (Å²) in [5, 5.41) is 3.11. The third kappa shape index (κ3) is 1.94. The fourth-order valence-corrected chi connectivity index (χ4v) is 1.72. The second kappa shape index (κ2) is 3.74. The number of nitrogens with two attached hydrogens (primary N) is 1. The third-order valence-corrected chi connectivity index (χ3v) is 2.70. The van der Waals surface area contributed by atoms with E-state index in [0.717, 1.165) is 5.06 Å². The lowest BCUT2D eigenvalue weighted by Crippen LogP contribution is -2.10. The molecule has 2 nitrogen and oxygen atoms in total. The summed E-state index contributed by atoms with van der Waals surface area (Å²) in [6.45, 7) is 5.34. The zero-order chi connectivity index (χ0) is 8.27. The van der Waals surface area contributed by atoms with E-state index in [1.54, 1.807) is 11.3 Å². The maximum Gasteiger partial charge on any atom is 0.176 e. The van der Waals surface area contributed by atoms with Crippen molar-refractivity contribution in [1.29, 1.82) is 0 Å². The lowest BCUT2D eigenvalue weighted by molar-refractivity contribution is 0.336. The van der Waals surface area contributed by atoms with Gasteiger partial charge in [-0.25, -0.2) is 0 Å². The van der Waals surface area contributed by atoms with Crippen LogP contribution in [0.2, 0.25) is 0 Å². The van der Waals surface area contributed by atoms with Crippen LogP contribution in [0.25, 0.3) is 0 Å². The molecule has 0 atom stereocenters. The molecule has 2 N–H and O–H groups in total. The molecule has 0 bridgehead atoms. The van der Waals surface area contributed by atoms with E-state index >= 15 is 0 Å². The maximum absolute atomic E-state index is 5.40. The first-order valence-electron chi connectivity index (χ1n) is 3.63. The van der Waals surface area contributed by atoms with Gasteiger partial charge in [-0.3, -0.25) is 0 Å². The van der Waals surface area contributed by atoms with Gasteiger partial charge in [0.05, 0.1) is 0 Å². The fourth-order valence-electron chi connectivity index (χ4n) is 0.774. The number of thiophene rings is 1. The van der Waals surface area contributed by atoms with Crippen molar-refractivity contribution >= 4 is 11.3 Å². The highest BCUT2D eigenvalue weighted by Crippen LogP contribution is 2.28. The van der Waals surface area contributed by atoms with E-state index in [1.165, 1.54) is 11.1 Å². The Morgan fingerprint density at radius 2 is 2.27 bits per heavy atom. The number of rotatable bonds is 3. The summed E-state index contributed by atoms with van der Waals surface area (Å²) in [4.78, 5) is 0. The Morgan fingerprint density at radius 1 is 1.55 bits per heavy atom. The average molecular weight is 171 g/mol. The van der Waals surface area contributed by atoms with E-state index in [9.17, 15) is 0 Å². The largest absolute Gasteiger partial charge is 0.482 e. The second-order valence-corrected chi connectivity index (χ2v) is 3.31. The maximum atomic E-state index is 5.40. The summed E-state index contributed by atoms with van der Waals surface area (Å²) in [5.41, 5.74) is 7.85. The molecule has 62 valence electrons. The standard InChI is InChI=1S/C8H13NOS/c1-6-5-11-8(7(6)2)10-4-3-9/h5H,3-4,9H2,1-2H3. The van der Waals surface area contributed by atoms with Gasteiger partial charge in [-0.05, 0) is 24.8 Å². The van der Waals surface area contributed by atoms with Gasteiger partial charge in [0, 0.05) is 12.1 Å². The fraction of sp³-hybridized carbons (Fsp3) is 0.500. The molecule has 0 aliphatic heterocycles. The van der Waals surface area contributed by atoms with Gasteiger partial charge < -0.3 is 10.5 Å². The van der Waals surface area contributed by atoms with E-state index in [2.05, 4.69) is 19.2 Å². The van der Waals surface area contributed by atoms with Crippen LogP contribution in [0.1, 0.15) is 11.1 Å². The van der Waals surface area contributed by atoms with E-state index in [1.807, 2.05) is 0 Å². The van der Waals surface area contributed by atoms with Crippen LogP contribution in [0.3, 0.4) is 0 Å². The van der Waals surface area contributed by atoms with Crippen molar-refractivity contribution < 1.29 is 4.74 Å². The average Bonchev–Trinajstić information content (AvgIpc) is 2.31. The van der Waals surface area contributed by atoms with Crippen LogP contribution in [0.5, 0.6) is 5.06 Å². The molecule has 0 saturated heterocycles. The number of ether oxygens (including phenoxy) is 1. The van der Waals surface area contributed by atoms with E-state index in [4.69, 9.17) is 10.5 Å². The Bertz CT molecular complexity index is 232. The van der Waals surface area contributed by atoms with E-state index < -0.39 is 0 Å². The van der Waals surface area contributed by atoms with E-state index in [0.29, 0.717) is 13.2 Å². The molecule has 3 heteroatoms. The highest BCUT2D eigenvalue weighted by molar-refractivity contribution is 7.12. The third-order valence-electron chi connectivity index (χ3n) is 1.59. The Balaban J connectivity index is 2.63. The van der Waals surface area contributed by atoms with Crippen molar-refractivity contribution in [3.8, 4) is 5.06 Å². The van der Waals surface area contributed by atoms with Crippen LogP contribution in [0.4, 0.5) is 0 Å². The Kier molecular flexibility index (Phi) is 2.91. The number of aryl methyl sites for hydroxylation is 1. The first kappa shape index (κ1) is 8.56. The monoisotopic (exact) mass is 171 g/mol. The summed E-state index contributed by atoms with van der Waals surface area (Å²) in [6, 6.07) is 0. The van der Waals surface area contributed by atoms with Crippen LogP contribution >= 0.6 is 11.3 Å². The molecular formula is C8H13NOS. The normalized spacial score (nSPS) is 10.1. The predicted octanol–water partition coefficient (Wildman–Crippen LogP) is 1.70. The first-order valence-corrected chi connectivity index (χ1v) is 4.51. The van der Waals surface area contributed by atoms with Gasteiger partial charge >= 0.3 is 0 Å². The summed E-state index contributed by atoms with van der Waals surface area (Å²) in [7, 11) is 0. The zero-order valence-corrected chi connectivity index (χ0v) is 7.70. The molecule has 0 aliphatic carbocycles. The van der Waals surface area contributed by atoms with Crippen LogP contribution in [0, 0.1) is 13.8 Å². The van der Waals surface area contributed by atoms with Crippen molar-refractivity contribution in [2.24, 2.45) is 5.73 Å². The van der Waals surface area contributed by atoms with Crippen LogP contribution < -0.4 is 10.5 Å². The summed E-state index contributed by atoms with van der Waals surface area (Å²) >= 11 is 1.64. The lowest BCUT2D eigenvalue weighted by Gasteiger charge is -2.01. The van der Waals surface area contributed by atoms with Crippen molar-refractivity contribution in [3.05, 3.63) is 16.5 Å². The van der Waals surface area contributed by atoms with Gasteiger partial charge in [-0.15, -0.1) is 11.3 Å². The molecule has 1 heterocycles. The molecule has 0 spiro atoms. The first-order chi connectivity index (χ1) is 5.25. The minimum absolute atomic E-state index is 0.580. The summed E-state index contributed by atoms with van der Waals surface area (Å²) in [6.07, 6.45) is 0. The molecule has 0 unspecified atom stereocenters. The van der Waals surface area contributed by atoms with Crippen LogP contribution in [-0.4, -0.2) is 13.2 Å². The van der Waals surface area contributed by atoms with Crippen molar-refractivity contribution in [1.82, 2.24) is 0 Å². The van der Waals surface area contributed by atoms with Gasteiger partial charge in [0.25, 0.3) is 0 Å². The highest BCUT2D eigenvalue weighted by atomic mass is 32.1. The molecule has 1 aromatic rings. The topological polar surface area (TPSA) is 35.2 Å². The Labute approximate surface area is 71.0 Å². The summed E-state index contributed by atoms with van der Waals surface area (Å²) in [5.74, 6) is 0. The van der Waals surface area contributed by atoms with Gasteiger partial charge in [-0.1, -0.05) is 0 Å². The van der Waals surface area contributed by atoms with Gasteiger partial charge in [-0.2, -0.15) is 0 Å². The van der Waals surface area contributed by atoms with E-state index in [-0.39, 0.29) is 0 Å². The summed E-state index contributed by atoms with van der Waals surface area (Å²) < 4.78 is 5.40. The molecule has 0 fully saturated rings. The van der Waals surface area contributed by atoms with Gasteiger partial charge in [0.1, 0.15) is 6.61 Å². The molecule has 0 aromatic carbocycles. The van der Waals surface area contributed by atoms with Gasteiger partial charge in [0.15, 0.2) is 5.06 Å². The van der Waals surface area contributed by atoms with Crippen molar-refractivity contribution in [2.45, 2.75) is 13.8 Å². The van der Waals surface area contributed by atoms with Crippen LogP contribution in [0.15, 0.2) is 5.38 Å². The SMILES string of the molecule is Cc1csc(OCCN)c1C. The molecule has 0 saturated carbocycles. The molecule has 1 aromatic heterocycles.